The topological polar surface area (TPSA) is 15.3 Å². The Morgan fingerprint density at radius 1 is 1.24 bits per heavy atom. The lowest BCUT2D eigenvalue weighted by molar-refractivity contribution is 0.210. The zero-order valence-corrected chi connectivity index (χ0v) is 11.4. The van der Waals surface area contributed by atoms with Gasteiger partial charge in [0.05, 0.1) is 0 Å². The molecule has 17 heavy (non-hydrogen) atoms. The molecule has 1 aliphatic heterocycles. The molecule has 1 N–H and O–H groups in total. The first-order valence-corrected chi connectivity index (χ1v) is 7.43. The van der Waals surface area contributed by atoms with E-state index in [1.165, 1.54) is 43.1 Å². The molecule has 0 bridgehead atoms. The normalized spacial score (nSPS) is 17.5. The lowest BCUT2D eigenvalue weighted by atomic mass is 10.1. The third-order valence-electron chi connectivity index (χ3n) is 3.39. The lowest BCUT2D eigenvalue weighted by Crippen LogP contribution is -2.41. The van der Waals surface area contributed by atoms with Gasteiger partial charge >= 0.3 is 0 Å². The molecule has 1 aromatic rings. The highest BCUT2D eigenvalue weighted by atomic mass is 32.2. The van der Waals surface area contributed by atoms with Crippen LogP contribution >= 0.6 is 11.8 Å². The van der Waals surface area contributed by atoms with Crippen molar-refractivity contribution in [3.8, 4) is 0 Å². The van der Waals surface area contributed by atoms with E-state index < -0.39 is 0 Å². The maximum absolute atomic E-state index is 3.42. The molecule has 0 atom stereocenters. The predicted molar refractivity (Wildman–Crippen MR) is 75.7 cm³/mol. The van der Waals surface area contributed by atoms with E-state index in [1.54, 1.807) is 0 Å². The van der Waals surface area contributed by atoms with Crippen molar-refractivity contribution in [2.75, 3.05) is 32.4 Å². The summed E-state index contributed by atoms with van der Waals surface area (Å²) in [5.74, 6) is 1.18. The summed E-state index contributed by atoms with van der Waals surface area (Å²) in [6.07, 6.45) is 2.60. The van der Waals surface area contributed by atoms with Crippen molar-refractivity contribution in [2.24, 2.45) is 0 Å². The van der Waals surface area contributed by atoms with Gasteiger partial charge in [0.15, 0.2) is 0 Å². The number of benzene rings is 1. The maximum atomic E-state index is 3.42. The molecule has 0 spiro atoms. The van der Waals surface area contributed by atoms with Crippen LogP contribution in [-0.4, -0.2) is 43.4 Å². The summed E-state index contributed by atoms with van der Waals surface area (Å²) in [6.45, 7) is 3.55. The van der Waals surface area contributed by atoms with Crippen LogP contribution in [0.3, 0.4) is 0 Å². The van der Waals surface area contributed by atoms with Gasteiger partial charge in [-0.2, -0.15) is 0 Å². The van der Waals surface area contributed by atoms with E-state index in [0.717, 1.165) is 6.04 Å². The molecule has 3 heteroatoms. The summed E-state index contributed by atoms with van der Waals surface area (Å²) in [6, 6.07) is 11.5. The number of thioether (sulfide) groups is 1. The van der Waals surface area contributed by atoms with Gasteiger partial charge in [-0.05, 0) is 45.1 Å². The Morgan fingerprint density at radius 2 is 1.94 bits per heavy atom. The zero-order valence-electron chi connectivity index (χ0n) is 10.6. The van der Waals surface area contributed by atoms with Crippen LogP contribution in [-0.2, 0) is 0 Å². The first-order valence-electron chi connectivity index (χ1n) is 6.45. The average Bonchev–Trinajstić information content (AvgIpc) is 2.41. The highest BCUT2D eigenvalue weighted by molar-refractivity contribution is 7.99. The zero-order chi connectivity index (χ0) is 11.9. The Bertz CT molecular complexity index is 309. The molecule has 0 aliphatic carbocycles. The fraction of sp³-hybridized carbons (Fsp3) is 0.571. The molecular weight excluding hydrogens is 228 g/mol. The molecule has 94 valence electrons. The van der Waals surface area contributed by atoms with E-state index in [9.17, 15) is 0 Å². The minimum atomic E-state index is 0.785. The van der Waals surface area contributed by atoms with Gasteiger partial charge in [-0.3, -0.25) is 0 Å². The SMILES string of the molecule is CN(CCSc1ccccc1)C1CCNCC1. The highest BCUT2D eigenvalue weighted by Gasteiger charge is 2.16. The Morgan fingerprint density at radius 3 is 2.65 bits per heavy atom. The Labute approximate surface area is 109 Å². The standard InChI is InChI=1S/C14H22N2S/c1-16(13-7-9-15-10-8-13)11-12-17-14-5-3-2-4-6-14/h2-6,13,15H,7-12H2,1H3. The van der Waals surface area contributed by atoms with Gasteiger partial charge in [0.2, 0.25) is 0 Å². The molecular formula is C14H22N2S. The van der Waals surface area contributed by atoms with Gasteiger partial charge in [0, 0.05) is 23.2 Å². The first-order chi connectivity index (χ1) is 8.36. The number of piperidine rings is 1. The Balaban J connectivity index is 1.67. The van der Waals surface area contributed by atoms with E-state index >= 15 is 0 Å². The van der Waals surface area contributed by atoms with Gasteiger partial charge in [0.25, 0.3) is 0 Å². The van der Waals surface area contributed by atoms with Crippen molar-refractivity contribution in [3.05, 3.63) is 30.3 Å². The van der Waals surface area contributed by atoms with Crippen LogP contribution in [0.1, 0.15) is 12.8 Å². The molecule has 1 saturated heterocycles. The van der Waals surface area contributed by atoms with E-state index in [-0.39, 0.29) is 0 Å². The summed E-state index contributed by atoms with van der Waals surface area (Å²) in [5, 5.41) is 3.42. The van der Waals surface area contributed by atoms with Crippen LogP contribution < -0.4 is 5.32 Å². The third-order valence-corrected chi connectivity index (χ3v) is 4.38. The van der Waals surface area contributed by atoms with Crippen molar-refractivity contribution < 1.29 is 0 Å². The number of rotatable bonds is 5. The van der Waals surface area contributed by atoms with E-state index in [4.69, 9.17) is 0 Å². The summed E-state index contributed by atoms with van der Waals surface area (Å²) in [7, 11) is 2.27. The first kappa shape index (κ1) is 12.9. The largest absolute Gasteiger partial charge is 0.317 e. The van der Waals surface area contributed by atoms with Crippen LogP contribution in [0, 0.1) is 0 Å². The molecule has 0 unspecified atom stereocenters. The second-order valence-electron chi connectivity index (χ2n) is 4.62. The van der Waals surface area contributed by atoms with Crippen molar-refractivity contribution >= 4 is 11.8 Å². The van der Waals surface area contributed by atoms with Crippen molar-refractivity contribution in [3.63, 3.8) is 0 Å². The minimum absolute atomic E-state index is 0.785. The van der Waals surface area contributed by atoms with Crippen LogP contribution in [0.5, 0.6) is 0 Å². The molecule has 0 saturated carbocycles. The van der Waals surface area contributed by atoms with E-state index in [2.05, 4.69) is 47.6 Å². The quantitative estimate of drug-likeness (QED) is 0.808. The number of nitrogens with zero attached hydrogens (tertiary/aromatic N) is 1. The summed E-state index contributed by atoms with van der Waals surface area (Å²) >= 11 is 1.96. The van der Waals surface area contributed by atoms with Crippen LogP contribution in [0.4, 0.5) is 0 Å². The molecule has 0 radical (unpaired) electrons. The molecule has 0 amide bonds. The van der Waals surface area contributed by atoms with Crippen LogP contribution in [0.2, 0.25) is 0 Å². The van der Waals surface area contributed by atoms with Gasteiger partial charge in [-0.1, -0.05) is 18.2 Å². The molecule has 2 rings (SSSR count). The van der Waals surface area contributed by atoms with E-state index in [1.807, 2.05) is 11.8 Å². The van der Waals surface area contributed by atoms with Gasteiger partial charge in [0.1, 0.15) is 0 Å². The molecule has 1 aliphatic rings. The highest BCUT2D eigenvalue weighted by Crippen LogP contribution is 2.18. The summed E-state index contributed by atoms with van der Waals surface area (Å²) in [5.41, 5.74) is 0. The third kappa shape index (κ3) is 4.34. The number of nitrogens with one attached hydrogen (secondary N) is 1. The summed E-state index contributed by atoms with van der Waals surface area (Å²) < 4.78 is 0. The van der Waals surface area contributed by atoms with E-state index in [0.29, 0.717) is 0 Å². The van der Waals surface area contributed by atoms with Crippen molar-refractivity contribution in [2.45, 2.75) is 23.8 Å². The molecule has 2 nitrogen and oxygen atoms in total. The lowest BCUT2D eigenvalue weighted by Gasteiger charge is -2.31. The second-order valence-corrected chi connectivity index (χ2v) is 5.79. The predicted octanol–water partition coefficient (Wildman–Crippen LogP) is 2.46. The maximum Gasteiger partial charge on any atom is 0.0117 e. The van der Waals surface area contributed by atoms with Crippen LogP contribution in [0.15, 0.2) is 35.2 Å². The molecule has 1 aromatic carbocycles. The minimum Gasteiger partial charge on any atom is -0.317 e. The van der Waals surface area contributed by atoms with Crippen molar-refractivity contribution in [1.29, 1.82) is 0 Å². The fourth-order valence-corrected chi connectivity index (χ4v) is 3.22. The Kier molecular flexibility index (Phi) is 5.36. The fourth-order valence-electron chi connectivity index (χ4n) is 2.25. The number of hydrogen-bond donors (Lipinski definition) is 1. The smallest absolute Gasteiger partial charge is 0.0117 e. The van der Waals surface area contributed by atoms with Gasteiger partial charge in [-0.25, -0.2) is 0 Å². The second kappa shape index (κ2) is 7.04. The molecule has 1 fully saturated rings. The van der Waals surface area contributed by atoms with Crippen molar-refractivity contribution in [1.82, 2.24) is 10.2 Å². The number of hydrogen-bond acceptors (Lipinski definition) is 3. The summed E-state index contributed by atoms with van der Waals surface area (Å²) in [4.78, 5) is 3.91. The molecule has 0 aromatic heterocycles. The van der Waals surface area contributed by atoms with Gasteiger partial charge < -0.3 is 10.2 Å². The Hall–Kier alpha value is -0.510. The average molecular weight is 250 g/mol. The molecule has 1 heterocycles. The van der Waals surface area contributed by atoms with Gasteiger partial charge in [-0.15, -0.1) is 11.8 Å². The monoisotopic (exact) mass is 250 g/mol. The van der Waals surface area contributed by atoms with Crippen LogP contribution in [0.25, 0.3) is 0 Å².